The highest BCUT2D eigenvalue weighted by molar-refractivity contribution is 6.28. The van der Waals surface area contributed by atoms with Crippen molar-refractivity contribution < 1.29 is 4.39 Å². The van der Waals surface area contributed by atoms with Gasteiger partial charge in [0, 0.05) is 12.6 Å². The normalized spacial score (nSPS) is 15.6. The lowest BCUT2D eigenvalue weighted by atomic mass is 10.2. The molecule has 1 saturated carbocycles. The van der Waals surface area contributed by atoms with Crippen LogP contribution < -0.4 is 4.90 Å². The van der Waals surface area contributed by atoms with Crippen LogP contribution in [0.1, 0.15) is 26.7 Å². The van der Waals surface area contributed by atoms with E-state index in [1.54, 1.807) is 0 Å². The Kier molecular flexibility index (Phi) is 3.28. The van der Waals surface area contributed by atoms with Gasteiger partial charge < -0.3 is 4.90 Å². The van der Waals surface area contributed by atoms with E-state index in [2.05, 4.69) is 9.97 Å². The van der Waals surface area contributed by atoms with E-state index >= 15 is 0 Å². The van der Waals surface area contributed by atoms with Crippen LogP contribution >= 0.6 is 11.6 Å². The zero-order valence-electron chi connectivity index (χ0n) is 9.45. The molecule has 1 aliphatic carbocycles. The van der Waals surface area contributed by atoms with Crippen LogP contribution in [-0.4, -0.2) is 22.6 Å². The number of halogens is 2. The van der Waals surface area contributed by atoms with Gasteiger partial charge in [-0.3, -0.25) is 0 Å². The average molecular weight is 244 g/mol. The standard InChI is InChI=1S/C11H15ClFN3/c1-7(2)16(6-8-3-4-8)10-9(13)5-14-11(12)15-10/h5,7-8H,3-4,6H2,1-2H3. The molecule has 0 radical (unpaired) electrons. The fourth-order valence-electron chi connectivity index (χ4n) is 1.66. The monoisotopic (exact) mass is 243 g/mol. The molecule has 2 rings (SSSR count). The smallest absolute Gasteiger partial charge is 0.224 e. The first-order valence-corrected chi connectivity index (χ1v) is 5.90. The SMILES string of the molecule is CC(C)N(CC1CC1)c1nc(Cl)ncc1F. The maximum atomic E-state index is 13.6. The van der Waals surface area contributed by atoms with Crippen molar-refractivity contribution in [3.05, 3.63) is 17.3 Å². The Morgan fingerprint density at radius 1 is 1.56 bits per heavy atom. The first-order valence-electron chi connectivity index (χ1n) is 5.52. The summed E-state index contributed by atoms with van der Waals surface area (Å²) in [5.74, 6) is 0.594. The Morgan fingerprint density at radius 3 is 2.81 bits per heavy atom. The van der Waals surface area contributed by atoms with Gasteiger partial charge in [0.05, 0.1) is 6.20 Å². The van der Waals surface area contributed by atoms with Crippen LogP contribution in [0.3, 0.4) is 0 Å². The predicted molar refractivity (Wildman–Crippen MR) is 62.2 cm³/mol. The fraction of sp³-hybridized carbons (Fsp3) is 0.636. The van der Waals surface area contributed by atoms with Crippen LogP contribution in [0, 0.1) is 11.7 Å². The van der Waals surface area contributed by atoms with Crippen molar-refractivity contribution in [1.82, 2.24) is 9.97 Å². The largest absolute Gasteiger partial charge is 0.351 e. The molecule has 0 amide bonds. The molecule has 0 aromatic carbocycles. The Labute approximate surface area is 99.6 Å². The summed E-state index contributed by atoms with van der Waals surface area (Å²) in [5, 5.41) is 0.0952. The number of nitrogens with zero attached hydrogens (tertiary/aromatic N) is 3. The van der Waals surface area contributed by atoms with E-state index in [1.807, 2.05) is 18.7 Å². The molecule has 0 bridgehead atoms. The summed E-state index contributed by atoms with van der Waals surface area (Å²) >= 11 is 5.70. The second-order valence-corrected chi connectivity index (χ2v) is 4.84. The molecule has 0 N–H and O–H groups in total. The van der Waals surface area contributed by atoms with E-state index in [9.17, 15) is 4.39 Å². The van der Waals surface area contributed by atoms with Gasteiger partial charge in [0.2, 0.25) is 5.28 Å². The van der Waals surface area contributed by atoms with Gasteiger partial charge in [-0.1, -0.05) is 0 Å². The van der Waals surface area contributed by atoms with Crippen molar-refractivity contribution >= 4 is 17.4 Å². The zero-order valence-corrected chi connectivity index (χ0v) is 10.2. The summed E-state index contributed by atoms with van der Waals surface area (Å²) in [5.41, 5.74) is 0. The molecule has 0 unspecified atom stereocenters. The van der Waals surface area contributed by atoms with Gasteiger partial charge in [-0.25, -0.2) is 9.37 Å². The van der Waals surface area contributed by atoms with Crippen molar-refractivity contribution in [2.45, 2.75) is 32.7 Å². The first-order chi connectivity index (χ1) is 7.58. The summed E-state index contributed by atoms with van der Waals surface area (Å²) in [6.07, 6.45) is 3.58. The molecule has 0 saturated heterocycles. The molecule has 88 valence electrons. The minimum atomic E-state index is -0.404. The Balaban J connectivity index is 2.25. The number of hydrogen-bond donors (Lipinski definition) is 0. The van der Waals surface area contributed by atoms with Crippen molar-refractivity contribution in [2.75, 3.05) is 11.4 Å². The van der Waals surface area contributed by atoms with Gasteiger partial charge in [-0.05, 0) is 44.2 Å². The van der Waals surface area contributed by atoms with Gasteiger partial charge in [-0.15, -0.1) is 0 Å². The van der Waals surface area contributed by atoms with E-state index in [0.717, 1.165) is 12.7 Å². The molecular weight excluding hydrogens is 229 g/mol. The second-order valence-electron chi connectivity index (χ2n) is 4.50. The summed E-state index contributed by atoms with van der Waals surface area (Å²) in [6.45, 7) is 4.90. The molecular formula is C11H15ClFN3. The van der Waals surface area contributed by atoms with Gasteiger partial charge in [-0.2, -0.15) is 4.98 Å². The number of anilines is 1. The lowest BCUT2D eigenvalue weighted by Gasteiger charge is -2.28. The lowest BCUT2D eigenvalue weighted by molar-refractivity contribution is 0.572. The molecule has 0 spiro atoms. The van der Waals surface area contributed by atoms with E-state index in [-0.39, 0.29) is 11.3 Å². The molecule has 16 heavy (non-hydrogen) atoms. The van der Waals surface area contributed by atoms with E-state index < -0.39 is 5.82 Å². The summed E-state index contributed by atoms with van der Waals surface area (Å²) in [6, 6.07) is 0.209. The first kappa shape index (κ1) is 11.6. The Morgan fingerprint density at radius 2 is 2.25 bits per heavy atom. The molecule has 0 atom stereocenters. The third kappa shape index (κ3) is 2.61. The second kappa shape index (κ2) is 4.53. The van der Waals surface area contributed by atoms with Gasteiger partial charge >= 0.3 is 0 Å². The van der Waals surface area contributed by atoms with Crippen LogP contribution in [0.2, 0.25) is 5.28 Å². The molecule has 3 nitrogen and oxygen atoms in total. The third-order valence-electron chi connectivity index (χ3n) is 2.74. The predicted octanol–water partition coefficient (Wildman–Crippen LogP) is 2.89. The maximum Gasteiger partial charge on any atom is 0.224 e. The van der Waals surface area contributed by atoms with Crippen molar-refractivity contribution in [1.29, 1.82) is 0 Å². The summed E-state index contributed by atoms with van der Waals surface area (Å²) in [7, 11) is 0. The highest BCUT2D eigenvalue weighted by atomic mass is 35.5. The van der Waals surface area contributed by atoms with Crippen molar-refractivity contribution in [3.63, 3.8) is 0 Å². The highest BCUT2D eigenvalue weighted by Gasteiger charge is 2.27. The molecule has 1 aromatic rings. The van der Waals surface area contributed by atoms with E-state index in [4.69, 9.17) is 11.6 Å². The zero-order chi connectivity index (χ0) is 11.7. The molecule has 1 heterocycles. The topological polar surface area (TPSA) is 29.0 Å². The van der Waals surface area contributed by atoms with Crippen LogP contribution in [-0.2, 0) is 0 Å². The fourth-order valence-corrected chi connectivity index (χ4v) is 1.79. The molecule has 1 aliphatic rings. The van der Waals surface area contributed by atoms with Gasteiger partial charge in [0.1, 0.15) is 0 Å². The van der Waals surface area contributed by atoms with Crippen LogP contribution in [0.4, 0.5) is 10.2 Å². The maximum absolute atomic E-state index is 13.6. The highest BCUT2D eigenvalue weighted by Crippen LogP contribution is 2.32. The molecule has 1 fully saturated rings. The van der Waals surface area contributed by atoms with Crippen molar-refractivity contribution in [2.24, 2.45) is 5.92 Å². The van der Waals surface area contributed by atoms with E-state index in [0.29, 0.717) is 11.7 Å². The number of rotatable bonds is 4. The number of aromatic nitrogens is 2. The Hall–Kier alpha value is -0.900. The summed E-state index contributed by atoms with van der Waals surface area (Å²) in [4.78, 5) is 9.57. The molecule has 0 aliphatic heterocycles. The number of hydrogen-bond acceptors (Lipinski definition) is 3. The van der Waals surface area contributed by atoms with Crippen molar-refractivity contribution in [3.8, 4) is 0 Å². The minimum absolute atomic E-state index is 0.0952. The third-order valence-corrected chi connectivity index (χ3v) is 2.93. The van der Waals surface area contributed by atoms with Crippen LogP contribution in [0.15, 0.2) is 6.20 Å². The van der Waals surface area contributed by atoms with Crippen LogP contribution in [0.25, 0.3) is 0 Å². The van der Waals surface area contributed by atoms with Gasteiger partial charge in [0.15, 0.2) is 11.6 Å². The minimum Gasteiger partial charge on any atom is -0.351 e. The van der Waals surface area contributed by atoms with Crippen LogP contribution in [0.5, 0.6) is 0 Å². The lowest BCUT2D eigenvalue weighted by Crippen LogP contribution is -2.34. The Bertz CT molecular complexity index is 379. The van der Waals surface area contributed by atoms with Gasteiger partial charge in [0.25, 0.3) is 0 Å². The quantitative estimate of drug-likeness (QED) is 0.762. The molecule has 1 aromatic heterocycles. The molecule has 5 heteroatoms. The summed E-state index contributed by atoms with van der Waals surface area (Å²) < 4.78 is 13.6. The van der Waals surface area contributed by atoms with E-state index in [1.165, 1.54) is 12.8 Å². The average Bonchev–Trinajstić information content (AvgIpc) is 3.02.